The number of nitrogens with one attached hydrogen (secondary N) is 2. The standard InChI is InChI=1S/C8H6N4/c1-2-6-8(11-12-10-6)7-5(1)3-4-9-7/h1-4,10,12H. The molecule has 4 heteroatoms. The molecule has 0 aliphatic heterocycles. The van der Waals surface area contributed by atoms with Crippen LogP contribution in [0.4, 0.5) is 0 Å². The summed E-state index contributed by atoms with van der Waals surface area (Å²) < 4.78 is 0. The van der Waals surface area contributed by atoms with Crippen LogP contribution >= 0.6 is 0 Å². The average molecular weight is 158 g/mol. The van der Waals surface area contributed by atoms with Crippen molar-refractivity contribution in [2.24, 2.45) is 0 Å². The third-order valence-corrected chi connectivity index (χ3v) is 2.00. The zero-order chi connectivity index (χ0) is 7.97. The van der Waals surface area contributed by atoms with Gasteiger partial charge in [0, 0.05) is 11.6 Å². The van der Waals surface area contributed by atoms with Crippen molar-refractivity contribution in [2.45, 2.75) is 0 Å². The molecule has 0 atom stereocenters. The van der Waals surface area contributed by atoms with Crippen LogP contribution in [-0.2, 0) is 0 Å². The summed E-state index contributed by atoms with van der Waals surface area (Å²) in [5, 5.41) is 10.8. The van der Waals surface area contributed by atoms with Crippen LogP contribution < -0.4 is 0 Å². The molecule has 2 N–H and O–H groups in total. The van der Waals surface area contributed by atoms with Crippen molar-refractivity contribution in [3.8, 4) is 0 Å². The van der Waals surface area contributed by atoms with Crippen molar-refractivity contribution >= 4 is 21.9 Å². The van der Waals surface area contributed by atoms with Gasteiger partial charge >= 0.3 is 0 Å². The second-order valence-electron chi connectivity index (χ2n) is 2.69. The minimum absolute atomic E-state index is 0.900. The van der Waals surface area contributed by atoms with E-state index in [-0.39, 0.29) is 0 Å². The number of hydrogen-bond donors (Lipinski definition) is 2. The second-order valence-corrected chi connectivity index (χ2v) is 2.69. The summed E-state index contributed by atoms with van der Waals surface area (Å²) in [5.74, 6) is 0. The molecule has 2 heterocycles. The minimum Gasteiger partial charge on any atom is -0.283 e. The predicted molar refractivity (Wildman–Crippen MR) is 45.7 cm³/mol. The minimum atomic E-state index is 0.900. The van der Waals surface area contributed by atoms with E-state index in [4.69, 9.17) is 0 Å². The molecule has 0 aliphatic rings. The summed E-state index contributed by atoms with van der Waals surface area (Å²) in [6.07, 6.45) is 1.79. The fraction of sp³-hybridized carbons (Fsp3) is 0. The second kappa shape index (κ2) is 1.85. The van der Waals surface area contributed by atoms with E-state index >= 15 is 0 Å². The van der Waals surface area contributed by atoms with Crippen LogP contribution in [0.25, 0.3) is 21.9 Å². The van der Waals surface area contributed by atoms with Gasteiger partial charge in [0.2, 0.25) is 0 Å². The lowest BCUT2D eigenvalue weighted by molar-refractivity contribution is 0.960. The number of fused-ring (bicyclic) bond motifs is 3. The van der Waals surface area contributed by atoms with Gasteiger partial charge in [0.15, 0.2) is 0 Å². The van der Waals surface area contributed by atoms with Crippen LogP contribution in [0.1, 0.15) is 0 Å². The molecule has 0 spiro atoms. The van der Waals surface area contributed by atoms with Crippen molar-refractivity contribution in [3.63, 3.8) is 0 Å². The Hall–Kier alpha value is -1.84. The Morgan fingerprint density at radius 3 is 3.08 bits per heavy atom. The Morgan fingerprint density at radius 2 is 2.08 bits per heavy atom. The molecule has 0 saturated carbocycles. The number of benzene rings is 1. The number of rotatable bonds is 0. The molecule has 0 amide bonds. The molecule has 3 aromatic rings. The Labute approximate surface area is 67.6 Å². The summed E-state index contributed by atoms with van der Waals surface area (Å²) in [6, 6.07) is 5.99. The van der Waals surface area contributed by atoms with E-state index in [9.17, 15) is 0 Å². The largest absolute Gasteiger partial charge is 0.283 e. The summed E-state index contributed by atoms with van der Waals surface area (Å²) in [4.78, 5) is 4.22. The van der Waals surface area contributed by atoms with Crippen LogP contribution in [0.5, 0.6) is 0 Å². The van der Waals surface area contributed by atoms with Crippen molar-refractivity contribution in [2.75, 3.05) is 0 Å². The molecule has 2 aromatic heterocycles. The molecular weight excluding hydrogens is 152 g/mol. The molecule has 0 aliphatic carbocycles. The number of nitrogens with zero attached hydrogens (tertiary/aromatic N) is 2. The Bertz CT molecular complexity index is 484. The molecule has 3 rings (SSSR count). The van der Waals surface area contributed by atoms with Gasteiger partial charge in [-0.05, 0) is 12.1 Å². The fourth-order valence-electron chi connectivity index (χ4n) is 1.42. The quantitative estimate of drug-likeness (QED) is 0.520. The molecule has 0 saturated heterocycles. The molecule has 0 radical (unpaired) electrons. The molecule has 0 fully saturated rings. The average Bonchev–Trinajstić information content (AvgIpc) is 2.71. The van der Waals surface area contributed by atoms with Gasteiger partial charge in [0.05, 0.1) is 11.0 Å². The van der Waals surface area contributed by atoms with E-state index in [1.165, 1.54) is 0 Å². The van der Waals surface area contributed by atoms with E-state index in [2.05, 4.69) is 20.4 Å². The van der Waals surface area contributed by atoms with Crippen molar-refractivity contribution in [1.82, 2.24) is 20.4 Å². The predicted octanol–water partition coefficient (Wildman–Crippen LogP) is 1.44. The third kappa shape index (κ3) is 0.567. The van der Waals surface area contributed by atoms with Crippen LogP contribution in [0.15, 0.2) is 24.4 Å². The highest BCUT2D eigenvalue weighted by molar-refractivity contribution is 6.01. The summed E-state index contributed by atoms with van der Waals surface area (Å²) >= 11 is 0. The first-order valence-electron chi connectivity index (χ1n) is 3.71. The van der Waals surface area contributed by atoms with Crippen LogP contribution in [0, 0.1) is 0 Å². The SMILES string of the molecule is c1cc2ccc3[nH][nH]nc3c2n1. The Morgan fingerprint density at radius 1 is 1.08 bits per heavy atom. The maximum atomic E-state index is 4.22. The summed E-state index contributed by atoms with van der Waals surface area (Å²) in [5.41, 5.74) is 2.84. The maximum Gasteiger partial charge on any atom is 0.136 e. The molecule has 12 heavy (non-hydrogen) atoms. The number of hydrogen-bond acceptors (Lipinski definition) is 2. The van der Waals surface area contributed by atoms with Gasteiger partial charge in [-0.15, -0.1) is 0 Å². The van der Waals surface area contributed by atoms with Crippen molar-refractivity contribution in [3.05, 3.63) is 24.4 Å². The first-order chi connectivity index (χ1) is 5.95. The smallest absolute Gasteiger partial charge is 0.136 e. The van der Waals surface area contributed by atoms with Gasteiger partial charge in [-0.25, -0.2) is 5.21 Å². The number of H-pyrrole nitrogens is 2. The highest BCUT2D eigenvalue weighted by atomic mass is 15.3. The van der Waals surface area contributed by atoms with Crippen LogP contribution in [0.3, 0.4) is 0 Å². The molecule has 1 aromatic carbocycles. The Kier molecular flexibility index (Phi) is 0.889. The zero-order valence-electron chi connectivity index (χ0n) is 6.20. The highest BCUT2D eigenvalue weighted by Crippen LogP contribution is 2.19. The molecule has 58 valence electrons. The lowest BCUT2D eigenvalue weighted by atomic mass is 10.2. The van der Waals surface area contributed by atoms with E-state index in [0.29, 0.717) is 0 Å². The lowest BCUT2D eigenvalue weighted by Crippen LogP contribution is -1.72. The molecular formula is C8H6N4. The fourth-order valence-corrected chi connectivity index (χ4v) is 1.42. The van der Waals surface area contributed by atoms with Gasteiger partial charge < -0.3 is 0 Å². The van der Waals surface area contributed by atoms with E-state index < -0.39 is 0 Å². The molecule has 0 bridgehead atoms. The van der Waals surface area contributed by atoms with Gasteiger partial charge in [-0.1, -0.05) is 6.07 Å². The molecule has 4 nitrogen and oxygen atoms in total. The highest BCUT2D eigenvalue weighted by Gasteiger charge is 2.03. The topological polar surface area (TPSA) is 57.4 Å². The van der Waals surface area contributed by atoms with E-state index in [0.717, 1.165) is 21.9 Å². The third-order valence-electron chi connectivity index (χ3n) is 2.00. The monoisotopic (exact) mass is 158 g/mol. The first kappa shape index (κ1) is 5.77. The molecule has 0 unspecified atom stereocenters. The number of aromatic nitrogens is 4. The van der Waals surface area contributed by atoms with Gasteiger partial charge in [0.1, 0.15) is 5.52 Å². The van der Waals surface area contributed by atoms with Crippen LogP contribution in [0.2, 0.25) is 0 Å². The van der Waals surface area contributed by atoms with Crippen molar-refractivity contribution in [1.29, 1.82) is 0 Å². The zero-order valence-corrected chi connectivity index (χ0v) is 6.20. The lowest BCUT2D eigenvalue weighted by Gasteiger charge is -1.87. The van der Waals surface area contributed by atoms with Crippen molar-refractivity contribution < 1.29 is 0 Å². The van der Waals surface area contributed by atoms with Gasteiger partial charge in [-0.2, -0.15) is 5.10 Å². The van der Waals surface area contributed by atoms with Crippen LogP contribution in [-0.4, -0.2) is 20.4 Å². The normalized spacial score (nSPS) is 11.3. The summed E-state index contributed by atoms with van der Waals surface area (Å²) in [7, 11) is 0. The first-order valence-corrected chi connectivity index (χ1v) is 3.71. The van der Waals surface area contributed by atoms with E-state index in [1.807, 2.05) is 18.2 Å². The Balaban J connectivity index is 2.71. The van der Waals surface area contributed by atoms with Gasteiger partial charge in [0.25, 0.3) is 0 Å². The number of aromatic amines is 2. The maximum absolute atomic E-state index is 4.22. The van der Waals surface area contributed by atoms with Gasteiger partial charge in [-0.3, -0.25) is 10.1 Å². The van der Waals surface area contributed by atoms with E-state index in [1.54, 1.807) is 6.20 Å². The summed E-state index contributed by atoms with van der Waals surface area (Å²) in [6.45, 7) is 0.